The predicted octanol–water partition coefficient (Wildman–Crippen LogP) is 2.81. The smallest absolute Gasteiger partial charge is 0.338 e. The zero-order valence-electron chi connectivity index (χ0n) is 21.2. The van der Waals surface area contributed by atoms with E-state index in [9.17, 15) is 24.5 Å². The second-order valence-electron chi connectivity index (χ2n) is 8.32. The van der Waals surface area contributed by atoms with Crippen LogP contribution in [-0.4, -0.2) is 35.1 Å². The molecule has 1 atom stereocenters. The number of esters is 2. The maximum Gasteiger partial charge on any atom is 0.338 e. The van der Waals surface area contributed by atoms with Crippen LogP contribution in [-0.2, 0) is 14.3 Å². The standard InChI is InChI=1S/C27H23N3O8S/c1-5-11-37-26(33)23-15(2)28-27-29(24(23)18-9-10-20(38-16(3)31)21(14-18)36-4)25(32)22(39-27)13-17-7-6-8-19(12-17)30(34)35/h5-10,12-14,24H,1,11H2,2-4H3. The van der Waals surface area contributed by atoms with Crippen molar-refractivity contribution in [3.05, 3.63) is 107 Å². The molecule has 12 heteroatoms. The van der Waals surface area contributed by atoms with Gasteiger partial charge in [0.05, 0.1) is 33.9 Å². The second-order valence-corrected chi connectivity index (χ2v) is 9.33. The van der Waals surface area contributed by atoms with Gasteiger partial charge in [-0.25, -0.2) is 9.79 Å². The van der Waals surface area contributed by atoms with E-state index < -0.39 is 28.5 Å². The Morgan fingerprint density at radius 1 is 1.23 bits per heavy atom. The van der Waals surface area contributed by atoms with Crippen LogP contribution in [0.1, 0.15) is 31.0 Å². The van der Waals surface area contributed by atoms with Crippen molar-refractivity contribution in [1.82, 2.24) is 4.57 Å². The number of hydrogen-bond acceptors (Lipinski definition) is 10. The van der Waals surface area contributed by atoms with Crippen molar-refractivity contribution in [2.45, 2.75) is 19.9 Å². The van der Waals surface area contributed by atoms with Crippen LogP contribution in [0.25, 0.3) is 6.08 Å². The largest absolute Gasteiger partial charge is 0.493 e. The first-order chi connectivity index (χ1) is 18.6. The fourth-order valence-electron chi connectivity index (χ4n) is 4.08. The van der Waals surface area contributed by atoms with Gasteiger partial charge >= 0.3 is 11.9 Å². The number of carbonyl (C=O) groups excluding carboxylic acids is 2. The number of hydrogen-bond donors (Lipinski definition) is 0. The summed E-state index contributed by atoms with van der Waals surface area (Å²) in [5.41, 5.74) is 0.844. The van der Waals surface area contributed by atoms with Crippen LogP contribution in [0.4, 0.5) is 5.69 Å². The molecule has 0 saturated heterocycles. The van der Waals surface area contributed by atoms with E-state index in [1.165, 1.54) is 55.0 Å². The number of non-ortho nitro benzene ring substituents is 1. The number of nitro groups is 1. The number of nitrogens with zero attached hydrogens (tertiary/aromatic N) is 3. The van der Waals surface area contributed by atoms with Crippen LogP contribution >= 0.6 is 11.3 Å². The molecule has 1 aliphatic rings. The highest BCUT2D eigenvalue weighted by molar-refractivity contribution is 7.07. The topological polar surface area (TPSA) is 139 Å². The average molecular weight is 550 g/mol. The Balaban J connectivity index is 1.94. The molecule has 39 heavy (non-hydrogen) atoms. The number of aromatic nitrogens is 1. The molecule has 0 radical (unpaired) electrons. The van der Waals surface area contributed by atoms with Crippen molar-refractivity contribution in [1.29, 1.82) is 0 Å². The molecule has 0 bridgehead atoms. The van der Waals surface area contributed by atoms with Crippen molar-refractivity contribution in [2.24, 2.45) is 4.99 Å². The molecule has 0 fully saturated rings. The minimum absolute atomic E-state index is 0.0474. The quantitative estimate of drug-likeness (QED) is 0.137. The Bertz CT molecular complexity index is 1720. The molecule has 1 aliphatic heterocycles. The molecule has 200 valence electrons. The van der Waals surface area contributed by atoms with Gasteiger partial charge in [0.25, 0.3) is 11.2 Å². The summed E-state index contributed by atoms with van der Waals surface area (Å²) in [5, 5.41) is 11.2. The number of ether oxygens (including phenoxy) is 3. The molecule has 0 N–H and O–H groups in total. The Kier molecular flexibility index (Phi) is 7.86. The first-order valence-corrected chi connectivity index (χ1v) is 12.4. The number of thiazole rings is 1. The van der Waals surface area contributed by atoms with Crippen LogP contribution in [0.2, 0.25) is 0 Å². The zero-order chi connectivity index (χ0) is 28.3. The first kappa shape index (κ1) is 27.2. The average Bonchev–Trinajstić information content (AvgIpc) is 3.20. The van der Waals surface area contributed by atoms with Gasteiger partial charge < -0.3 is 14.2 Å². The van der Waals surface area contributed by atoms with Gasteiger partial charge in [0.15, 0.2) is 16.3 Å². The third-order valence-electron chi connectivity index (χ3n) is 5.71. The Morgan fingerprint density at radius 2 is 2.00 bits per heavy atom. The molecule has 0 amide bonds. The molecule has 4 rings (SSSR count). The fraction of sp³-hybridized carbons (Fsp3) is 0.185. The van der Waals surface area contributed by atoms with Gasteiger partial charge in [-0.3, -0.25) is 24.3 Å². The number of methoxy groups -OCH3 is 1. The highest BCUT2D eigenvalue weighted by Gasteiger charge is 2.34. The Labute approximate surface area is 225 Å². The minimum atomic E-state index is -0.953. The third kappa shape index (κ3) is 5.55. The first-order valence-electron chi connectivity index (χ1n) is 11.6. The molecular formula is C27H23N3O8S. The lowest BCUT2D eigenvalue weighted by molar-refractivity contribution is -0.384. The van der Waals surface area contributed by atoms with E-state index >= 15 is 0 Å². The summed E-state index contributed by atoms with van der Waals surface area (Å²) in [7, 11) is 1.40. The SMILES string of the molecule is C=CCOC(=O)C1=C(C)N=c2sc(=Cc3cccc([N+](=O)[O-])c3)c(=O)n2C1c1ccc(OC(C)=O)c(OC)c1. The van der Waals surface area contributed by atoms with Gasteiger partial charge in [0.2, 0.25) is 0 Å². The molecular weight excluding hydrogens is 526 g/mol. The highest BCUT2D eigenvalue weighted by Crippen LogP contribution is 2.36. The van der Waals surface area contributed by atoms with E-state index in [0.29, 0.717) is 21.6 Å². The molecule has 1 unspecified atom stereocenters. The monoisotopic (exact) mass is 549 g/mol. The fourth-order valence-corrected chi connectivity index (χ4v) is 5.13. The lowest BCUT2D eigenvalue weighted by atomic mass is 9.95. The van der Waals surface area contributed by atoms with Crippen LogP contribution in [0.15, 0.2) is 76.2 Å². The van der Waals surface area contributed by atoms with Crippen LogP contribution in [0.5, 0.6) is 11.5 Å². The van der Waals surface area contributed by atoms with E-state index in [1.54, 1.807) is 25.1 Å². The van der Waals surface area contributed by atoms with Gasteiger partial charge in [-0.15, -0.1) is 0 Å². The number of rotatable bonds is 8. The lowest BCUT2D eigenvalue weighted by Gasteiger charge is -2.25. The van der Waals surface area contributed by atoms with Gasteiger partial charge in [-0.2, -0.15) is 0 Å². The Morgan fingerprint density at radius 3 is 2.67 bits per heavy atom. The van der Waals surface area contributed by atoms with Crippen molar-refractivity contribution < 1.29 is 28.7 Å². The number of allylic oxidation sites excluding steroid dienone is 1. The van der Waals surface area contributed by atoms with E-state index in [4.69, 9.17) is 14.2 Å². The van der Waals surface area contributed by atoms with Gasteiger partial charge in [0, 0.05) is 19.1 Å². The maximum atomic E-state index is 13.7. The van der Waals surface area contributed by atoms with Gasteiger partial charge in [-0.05, 0) is 36.3 Å². The number of nitro benzene ring substituents is 1. The summed E-state index contributed by atoms with van der Waals surface area (Å²) in [6.07, 6.45) is 2.96. The van der Waals surface area contributed by atoms with Crippen molar-refractivity contribution in [3.8, 4) is 11.5 Å². The van der Waals surface area contributed by atoms with E-state index in [0.717, 1.165) is 11.3 Å². The van der Waals surface area contributed by atoms with Crippen LogP contribution in [0.3, 0.4) is 0 Å². The van der Waals surface area contributed by atoms with E-state index in [1.807, 2.05) is 0 Å². The third-order valence-corrected chi connectivity index (χ3v) is 6.69. The summed E-state index contributed by atoms with van der Waals surface area (Å²) in [6.45, 7) is 6.41. The summed E-state index contributed by atoms with van der Waals surface area (Å²) >= 11 is 1.08. The minimum Gasteiger partial charge on any atom is -0.493 e. The van der Waals surface area contributed by atoms with Gasteiger partial charge in [0.1, 0.15) is 6.61 Å². The summed E-state index contributed by atoms with van der Waals surface area (Å²) < 4.78 is 17.6. The van der Waals surface area contributed by atoms with Crippen LogP contribution in [0, 0.1) is 10.1 Å². The van der Waals surface area contributed by atoms with Crippen molar-refractivity contribution in [3.63, 3.8) is 0 Å². The predicted molar refractivity (Wildman–Crippen MR) is 142 cm³/mol. The summed E-state index contributed by atoms with van der Waals surface area (Å²) in [4.78, 5) is 53.9. The van der Waals surface area contributed by atoms with Gasteiger partial charge in [-0.1, -0.05) is 42.2 Å². The number of fused-ring (bicyclic) bond motifs is 1. The molecule has 1 aromatic heterocycles. The van der Waals surface area contributed by atoms with E-state index in [-0.39, 0.29) is 33.9 Å². The zero-order valence-corrected chi connectivity index (χ0v) is 22.0. The lowest BCUT2D eigenvalue weighted by Crippen LogP contribution is -2.40. The Hall–Kier alpha value is -4.84. The number of carbonyl (C=O) groups is 2. The van der Waals surface area contributed by atoms with Crippen LogP contribution < -0.4 is 24.4 Å². The molecule has 2 aromatic carbocycles. The van der Waals surface area contributed by atoms with Crippen molar-refractivity contribution in [2.75, 3.05) is 13.7 Å². The number of benzene rings is 2. The van der Waals surface area contributed by atoms with Crippen molar-refractivity contribution >= 4 is 35.0 Å². The normalized spacial score (nSPS) is 14.7. The molecule has 11 nitrogen and oxygen atoms in total. The molecule has 0 aliphatic carbocycles. The summed E-state index contributed by atoms with van der Waals surface area (Å²) in [6, 6.07) is 9.63. The highest BCUT2D eigenvalue weighted by atomic mass is 32.1. The van der Waals surface area contributed by atoms with E-state index in [2.05, 4.69) is 11.6 Å². The summed E-state index contributed by atoms with van der Waals surface area (Å²) in [5.74, 6) is -0.838. The molecule has 0 saturated carbocycles. The maximum absolute atomic E-state index is 13.7. The molecule has 3 aromatic rings. The molecule has 0 spiro atoms. The molecule has 2 heterocycles. The second kappa shape index (κ2) is 11.3.